The van der Waals surface area contributed by atoms with Gasteiger partial charge in [-0.1, -0.05) is 64.8 Å². The molecule has 1 aliphatic heterocycles. The van der Waals surface area contributed by atoms with E-state index >= 15 is 0 Å². The molecule has 1 N–H and O–H groups in total. The van der Waals surface area contributed by atoms with Gasteiger partial charge in [-0.15, -0.1) is 0 Å². The van der Waals surface area contributed by atoms with Crippen molar-refractivity contribution in [3.63, 3.8) is 0 Å². The van der Waals surface area contributed by atoms with Gasteiger partial charge in [-0.05, 0) is 36.6 Å². The third-order valence-corrected chi connectivity index (χ3v) is 4.95. The number of rotatable bonds is 8. The number of aliphatic carboxylic acids is 1. The Kier molecular flexibility index (Phi) is 6.76. The van der Waals surface area contributed by atoms with Gasteiger partial charge in [0.1, 0.15) is 11.5 Å². The summed E-state index contributed by atoms with van der Waals surface area (Å²) in [5.41, 5.74) is 2.21. The van der Waals surface area contributed by atoms with Crippen LogP contribution in [0.3, 0.4) is 0 Å². The zero-order valence-corrected chi connectivity index (χ0v) is 16.9. The van der Waals surface area contributed by atoms with Crippen LogP contribution >= 0.6 is 15.9 Å². The van der Waals surface area contributed by atoms with E-state index in [0.717, 1.165) is 28.4 Å². The van der Waals surface area contributed by atoms with E-state index in [4.69, 9.17) is 5.11 Å². The number of unbranched alkanes of at least 4 members (excludes halogenated alkanes) is 2. The van der Waals surface area contributed by atoms with E-state index in [0.29, 0.717) is 24.5 Å². The maximum atomic E-state index is 13.0. The zero-order chi connectivity index (χ0) is 19.9. The van der Waals surface area contributed by atoms with E-state index in [-0.39, 0.29) is 12.3 Å². The van der Waals surface area contributed by atoms with Crippen molar-refractivity contribution < 1.29 is 14.7 Å². The van der Waals surface area contributed by atoms with Crippen LogP contribution < -0.4 is 0 Å². The smallest absolute Gasteiger partial charge is 0.303 e. The van der Waals surface area contributed by atoms with Gasteiger partial charge in [-0.25, -0.2) is 4.99 Å². The zero-order valence-electron chi connectivity index (χ0n) is 15.3. The number of halogens is 1. The van der Waals surface area contributed by atoms with E-state index in [1.807, 2.05) is 54.6 Å². The van der Waals surface area contributed by atoms with Gasteiger partial charge in [-0.2, -0.15) is 0 Å². The molecule has 0 saturated carbocycles. The molecule has 3 rings (SSSR count). The highest BCUT2D eigenvalue weighted by Gasteiger charge is 2.30. The van der Waals surface area contributed by atoms with Crippen molar-refractivity contribution in [3.8, 4) is 0 Å². The van der Waals surface area contributed by atoms with Crippen molar-refractivity contribution >= 4 is 39.7 Å². The lowest BCUT2D eigenvalue weighted by Gasteiger charge is -2.18. The molecule has 0 aromatic heterocycles. The molecule has 0 spiro atoms. The van der Waals surface area contributed by atoms with Gasteiger partial charge in [-0.3, -0.25) is 14.5 Å². The molecule has 0 fully saturated rings. The third-order valence-electron chi connectivity index (χ3n) is 4.42. The normalized spacial score (nSPS) is 15.2. The summed E-state index contributed by atoms with van der Waals surface area (Å²) in [6.07, 6.45) is 4.04. The minimum atomic E-state index is -0.788. The third kappa shape index (κ3) is 5.16. The van der Waals surface area contributed by atoms with Crippen molar-refractivity contribution in [2.45, 2.75) is 25.7 Å². The predicted octanol–water partition coefficient (Wildman–Crippen LogP) is 4.72. The second kappa shape index (κ2) is 9.46. The average molecular weight is 441 g/mol. The maximum absolute atomic E-state index is 13.0. The molecule has 1 aliphatic rings. The number of carbonyl (C=O) groups excluding carboxylic acids is 1. The molecule has 1 amide bonds. The molecule has 5 nitrogen and oxygen atoms in total. The first-order chi connectivity index (χ1) is 13.5. The molecular formula is C22H21BrN2O3. The number of hydrogen-bond acceptors (Lipinski definition) is 3. The lowest BCUT2D eigenvalue weighted by Crippen LogP contribution is -2.33. The molecule has 1 heterocycles. The molecule has 0 radical (unpaired) electrons. The van der Waals surface area contributed by atoms with Gasteiger partial charge in [0.25, 0.3) is 5.91 Å². The van der Waals surface area contributed by atoms with Crippen LogP contribution in [0.2, 0.25) is 0 Å². The molecule has 2 aromatic rings. The Hall–Kier alpha value is -2.73. The molecule has 0 bridgehead atoms. The summed E-state index contributed by atoms with van der Waals surface area (Å²) in [5, 5.41) is 8.76. The van der Waals surface area contributed by atoms with Crippen LogP contribution in [0.25, 0.3) is 6.08 Å². The quantitative estimate of drug-likeness (QED) is 0.476. The van der Waals surface area contributed by atoms with Crippen molar-refractivity contribution in [1.82, 2.24) is 4.90 Å². The van der Waals surface area contributed by atoms with Crippen molar-refractivity contribution in [2.75, 3.05) is 6.54 Å². The molecule has 0 aliphatic carbocycles. The van der Waals surface area contributed by atoms with Crippen LogP contribution in [-0.4, -0.2) is 34.3 Å². The van der Waals surface area contributed by atoms with Crippen LogP contribution in [0.15, 0.2) is 69.8 Å². The number of nitrogens with zero attached hydrogens (tertiary/aromatic N) is 2. The number of carboxylic acids is 1. The minimum Gasteiger partial charge on any atom is -0.481 e. The highest BCUT2D eigenvalue weighted by Crippen LogP contribution is 2.23. The average Bonchev–Trinajstić information content (AvgIpc) is 2.99. The summed E-state index contributed by atoms with van der Waals surface area (Å²) in [5.74, 6) is -0.268. The van der Waals surface area contributed by atoms with E-state index < -0.39 is 5.97 Å². The fourth-order valence-electron chi connectivity index (χ4n) is 3.01. The summed E-state index contributed by atoms with van der Waals surface area (Å²) in [6.45, 7) is 0.518. The standard InChI is InChI=1S/C22H21BrN2O3/c23-18-12-10-16(11-13-18)15-19-22(28)25(14-6-2-5-9-20(26)27)21(24-19)17-7-3-1-4-8-17/h1,3-4,7-8,10-13,15H,2,5-6,9,14H2,(H,26,27)/b19-15-. The van der Waals surface area contributed by atoms with Gasteiger partial charge in [0.15, 0.2) is 0 Å². The number of hydrogen-bond donors (Lipinski definition) is 1. The Morgan fingerprint density at radius 3 is 2.43 bits per heavy atom. The summed E-state index contributed by atoms with van der Waals surface area (Å²) in [6, 6.07) is 17.3. The first-order valence-corrected chi connectivity index (χ1v) is 9.99. The van der Waals surface area contributed by atoms with Crippen LogP contribution in [0, 0.1) is 0 Å². The molecule has 144 valence electrons. The molecule has 0 atom stereocenters. The van der Waals surface area contributed by atoms with Crippen molar-refractivity contribution in [3.05, 3.63) is 75.9 Å². The second-order valence-corrected chi connectivity index (χ2v) is 7.46. The predicted molar refractivity (Wildman–Crippen MR) is 113 cm³/mol. The summed E-state index contributed by atoms with van der Waals surface area (Å²) < 4.78 is 0.976. The fraction of sp³-hybridized carbons (Fsp3) is 0.227. The number of aliphatic imine (C=N–C) groups is 1. The summed E-state index contributed by atoms with van der Waals surface area (Å²) >= 11 is 3.41. The molecular weight excluding hydrogens is 420 g/mol. The van der Waals surface area contributed by atoms with Gasteiger partial charge in [0.2, 0.25) is 0 Å². The molecule has 2 aromatic carbocycles. The van der Waals surface area contributed by atoms with E-state index in [1.54, 1.807) is 11.0 Å². The highest BCUT2D eigenvalue weighted by atomic mass is 79.9. The Bertz CT molecular complexity index is 905. The van der Waals surface area contributed by atoms with E-state index in [9.17, 15) is 9.59 Å². The fourth-order valence-corrected chi connectivity index (χ4v) is 3.27. The van der Waals surface area contributed by atoms with Crippen LogP contribution in [-0.2, 0) is 9.59 Å². The SMILES string of the molecule is O=C(O)CCCCCN1C(=O)/C(=C/c2ccc(Br)cc2)N=C1c1ccccc1. The van der Waals surface area contributed by atoms with Crippen molar-refractivity contribution in [2.24, 2.45) is 4.99 Å². The lowest BCUT2D eigenvalue weighted by molar-refractivity contribution is -0.137. The minimum absolute atomic E-state index is 0.125. The number of carboxylic acid groups (broad SMARTS) is 1. The Morgan fingerprint density at radius 1 is 1.04 bits per heavy atom. The Labute approximate surface area is 172 Å². The van der Waals surface area contributed by atoms with E-state index in [1.165, 1.54) is 0 Å². The molecule has 28 heavy (non-hydrogen) atoms. The van der Waals surface area contributed by atoms with Crippen LogP contribution in [0.4, 0.5) is 0 Å². The van der Waals surface area contributed by atoms with Gasteiger partial charge in [0.05, 0.1) is 0 Å². The maximum Gasteiger partial charge on any atom is 0.303 e. The number of amidine groups is 1. The first-order valence-electron chi connectivity index (χ1n) is 9.19. The Morgan fingerprint density at radius 2 is 1.75 bits per heavy atom. The first kappa shape index (κ1) is 20.0. The number of benzene rings is 2. The topological polar surface area (TPSA) is 70.0 Å². The van der Waals surface area contributed by atoms with Gasteiger partial charge in [0, 0.05) is 23.0 Å². The highest BCUT2D eigenvalue weighted by molar-refractivity contribution is 9.10. The largest absolute Gasteiger partial charge is 0.481 e. The van der Waals surface area contributed by atoms with Crippen LogP contribution in [0.5, 0.6) is 0 Å². The summed E-state index contributed by atoms with van der Waals surface area (Å²) in [7, 11) is 0. The molecule has 0 saturated heterocycles. The molecule has 6 heteroatoms. The Balaban J connectivity index is 1.79. The van der Waals surface area contributed by atoms with Crippen LogP contribution in [0.1, 0.15) is 36.8 Å². The second-order valence-electron chi connectivity index (χ2n) is 6.54. The molecule has 0 unspecified atom stereocenters. The number of amides is 1. The van der Waals surface area contributed by atoms with Gasteiger partial charge < -0.3 is 5.11 Å². The number of carbonyl (C=O) groups is 2. The van der Waals surface area contributed by atoms with Crippen molar-refractivity contribution in [1.29, 1.82) is 0 Å². The van der Waals surface area contributed by atoms with Gasteiger partial charge >= 0.3 is 5.97 Å². The summed E-state index contributed by atoms with van der Waals surface area (Å²) in [4.78, 5) is 29.9. The monoisotopic (exact) mass is 440 g/mol. The van der Waals surface area contributed by atoms with E-state index in [2.05, 4.69) is 20.9 Å². The lowest BCUT2D eigenvalue weighted by atomic mass is 10.1.